The average Bonchev–Trinajstić information content (AvgIpc) is 2.42. The van der Waals surface area contributed by atoms with Crippen molar-refractivity contribution in [3.05, 3.63) is 34.9 Å². The van der Waals surface area contributed by atoms with Crippen LogP contribution < -0.4 is 5.32 Å². The topological polar surface area (TPSA) is 29.1 Å². The van der Waals surface area contributed by atoms with E-state index >= 15 is 0 Å². The number of halogens is 2. The van der Waals surface area contributed by atoms with Crippen LogP contribution in [0.5, 0.6) is 0 Å². The van der Waals surface area contributed by atoms with Crippen molar-refractivity contribution in [3.63, 3.8) is 0 Å². The zero-order valence-electron chi connectivity index (χ0n) is 11.1. The number of nitrogens with one attached hydrogen (secondary N) is 1. The lowest BCUT2D eigenvalue weighted by molar-refractivity contribution is 0.0872. The molecule has 2 rings (SSSR count). The van der Waals surface area contributed by atoms with E-state index in [0.29, 0.717) is 16.5 Å². The van der Waals surface area contributed by atoms with Crippen molar-refractivity contribution in [1.29, 1.82) is 0 Å². The van der Waals surface area contributed by atoms with Crippen molar-refractivity contribution in [1.82, 2.24) is 5.32 Å². The summed E-state index contributed by atoms with van der Waals surface area (Å²) in [5.41, 5.74) is 0.387. The highest BCUT2D eigenvalue weighted by atomic mass is 35.5. The second-order valence-corrected chi connectivity index (χ2v) is 6.26. The van der Waals surface area contributed by atoms with Gasteiger partial charge < -0.3 is 5.32 Å². The van der Waals surface area contributed by atoms with Crippen molar-refractivity contribution < 1.29 is 4.79 Å². The van der Waals surface area contributed by atoms with Gasteiger partial charge in [0.15, 0.2) is 0 Å². The van der Waals surface area contributed by atoms with E-state index in [0.717, 1.165) is 31.6 Å². The van der Waals surface area contributed by atoms with Gasteiger partial charge in [-0.25, -0.2) is 0 Å². The summed E-state index contributed by atoms with van der Waals surface area (Å²) in [7, 11) is 0. The number of carbonyl (C=O) groups is 1. The first kappa shape index (κ1) is 14.7. The van der Waals surface area contributed by atoms with Crippen LogP contribution in [0.4, 0.5) is 0 Å². The Labute approximate surface area is 124 Å². The van der Waals surface area contributed by atoms with Gasteiger partial charge in [-0.1, -0.05) is 18.5 Å². The molecule has 0 saturated heterocycles. The monoisotopic (exact) mass is 299 g/mol. The van der Waals surface area contributed by atoms with Gasteiger partial charge in [-0.3, -0.25) is 4.79 Å². The van der Waals surface area contributed by atoms with Crippen LogP contribution in [0.3, 0.4) is 0 Å². The standard InChI is InChI=1S/C15H19Cl2NO/c1-11-6-8-15(10-16,9-7-11)18-14(19)12-2-4-13(17)5-3-12/h2-5,11H,6-10H2,1H3,(H,18,19). The van der Waals surface area contributed by atoms with Crippen LogP contribution in [0.2, 0.25) is 5.02 Å². The molecule has 1 aliphatic carbocycles. The fourth-order valence-corrected chi connectivity index (χ4v) is 2.98. The van der Waals surface area contributed by atoms with Gasteiger partial charge >= 0.3 is 0 Å². The number of hydrogen-bond donors (Lipinski definition) is 1. The van der Waals surface area contributed by atoms with Crippen molar-refractivity contribution in [2.45, 2.75) is 38.1 Å². The molecule has 1 saturated carbocycles. The summed E-state index contributed by atoms with van der Waals surface area (Å²) in [6.45, 7) is 2.25. The van der Waals surface area contributed by atoms with E-state index in [1.807, 2.05) is 0 Å². The highest BCUT2D eigenvalue weighted by Crippen LogP contribution is 2.33. The van der Waals surface area contributed by atoms with Crippen molar-refractivity contribution >= 4 is 29.1 Å². The Bertz CT molecular complexity index is 436. The van der Waals surface area contributed by atoms with Crippen molar-refractivity contribution in [2.75, 3.05) is 5.88 Å². The highest BCUT2D eigenvalue weighted by molar-refractivity contribution is 6.30. The number of amides is 1. The summed E-state index contributed by atoms with van der Waals surface area (Å²) >= 11 is 11.9. The van der Waals surface area contributed by atoms with Gasteiger partial charge in [0.1, 0.15) is 0 Å². The summed E-state index contributed by atoms with van der Waals surface area (Å²) in [6, 6.07) is 6.94. The quantitative estimate of drug-likeness (QED) is 0.830. The Hall–Kier alpha value is -0.730. The third-order valence-electron chi connectivity index (χ3n) is 3.97. The first-order valence-electron chi connectivity index (χ1n) is 6.69. The smallest absolute Gasteiger partial charge is 0.251 e. The molecule has 104 valence electrons. The molecule has 0 spiro atoms. The predicted octanol–water partition coefficient (Wildman–Crippen LogP) is 4.26. The molecule has 1 fully saturated rings. The lowest BCUT2D eigenvalue weighted by atomic mass is 9.78. The largest absolute Gasteiger partial charge is 0.345 e. The molecule has 1 aromatic carbocycles. The minimum atomic E-state index is -0.245. The normalized spacial score (nSPS) is 27.0. The maximum absolute atomic E-state index is 12.3. The Morgan fingerprint density at radius 3 is 2.42 bits per heavy atom. The van der Waals surface area contributed by atoms with Crippen LogP contribution >= 0.6 is 23.2 Å². The number of carbonyl (C=O) groups excluding carboxylic acids is 1. The van der Waals surface area contributed by atoms with E-state index in [4.69, 9.17) is 23.2 Å². The van der Waals surface area contributed by atoms with E-state index in [1.54, 1.807) is 24.3 Å². The summed E-state index contributed by atoms with van der Waals surface area (Å²) in [5, 5.41) is 3.76. The molecule has 0 atom stereocenters. The van der Waals surface area contributed by atoms with Crippen LogP contribution in [0.25, 0.3) is 0 Å². The highest BCUT2D eigenvalue weighted by Gasteiger charge is 2.34. The van der Waals surface area contributed by atoms with E-state index in [2.05, 4.69) is 12.2 Å². The molecule has 2 nitrogen and oxygen atoms in total. The van der Waals surface area contributed by atoms with E-state index in [9.17, 15) is 4.79 Å². The number of benzene rings is 1. The molecule has 0 bridgehead atoms. The summed E-state index contributed by atoms with van der Waals surface area (Å²) in [4.78, 5) is 12.3. The summed E-state index contributed by atoms with van der Waals surface area (Å²) < 4.78 is 0. The molecule has 1 N–H and O–H groups in total. The second-order valence-electron chi connectivity index (χ2n) is 5.56. The van der Waals surface area contributed by atoms with Gasteiger partial charge in [0, 0.05) is 16.5 Å². The van der Waals surface area contributed by atoms with Crippen LogP contribution in [-0.4, -0.2) is 17.3 Å². The fraction of sp³-hybridized carbons (Fsp3) is 0.533. The molecule has 0 aliphatic heterocycles. The Balaban J connectivity index is 2.06. The third-order valence-corrected chi connectivity index (χ3v) is 4.74. The zero-order chi connectivity index (χ0) is 13.9. The molecule has 0 radical (unpaired) electrons. The van der Waals surface area contributed by atoms with Crippen molar-refractivity contribution in [2.24, 2.45) is 5.92 Å². The van der Waals surface area contributed by atoms with Crippen LogP contribution in [0.15, 0.2) is 24.3 Å². The SMILES string of the molecule is CC1CCC(CCl)(NC(=O)c2ccc(Cl)cc2)CC1. The second kappa shape index (κ2) is 6.15. The predicted molar refractivity (Wildman–Crippen MR) is 80.0 cm³/mol. The van der Waals surface area contributed by atoms with Gasteiger partial charge in [-0.15, -0.1) is 11.6 Å². The maximum atomic E-state index is 12.3. The van der Waals surface area contributed by atoms with Crippen LogP contribution in [0, 0.1) is 5.92 Å². The average molecular weight is 300 g/mol. The van der Waals surface area contributed by atoms with Crippen LogP contribution in [-0.2, 0) is 0 Å². The number of rotatable bonds is 3. The molecule has 1 amide bonds. The molecule has 4 heteroatoms. The minimum absolute atomic E-state index is 0.0631. The van der Waals surface area contributed by atoms with Gasteiger partial charge in [0.05, 0.1) is 5.54 Å². The van der Waals surface area contributed by atoms with Gasteiger partial charge in [-0.05, 0) is 55.9 Å². The van der Waals surface area contributed by atoms with E-state index in [-0.39, 0.29) is 11.4 Å². The van der Waals surface area contributed by atoms with Crippen molar-refractivity contribution in [3.8, 4) is 0 Å². The summed E-state index contributed by atoms with van der Waals surface area (Å²) in [6.07, 6.45) is 4.15. The number of alkyl halides is 1. The maximum Gasteiger partial charge on any atom is 0.251 e. The molecular formula is C15H19Cl2NO. The van der Waals surface area contributed by atoms with Gasteiger partial charge in [0.2, 0.25) is 0 Å². The molecule has 0 unspecified atom stereocenters. The van der Waals surface area contributed by atoms with Gasteiger partial charge in [-0.2, -0.15) is 0 Å². The third kappa shape index (κ3) is 3.64. The fourth-order valence-electron chi connectivity index (χ4n) is 2.52. The Morgan fingerprint density at radius 1 is 1.32 bits per heavy atom. The minimum Gasteiger partial charge on any atom is -0.345 e. The zero-order valence-corrected chi connectivity index (χ0v) is 12.6. The molecular weight excluding hydrogens is 281 g/mol. The molecule has 1 aromatic rings. The first-order chi connectivity index (χ1) is 9.04. The lowest BCUT2D eigenvalue weighted by Crippen LogP contribution is -2.52. The molecule has 0 heterocycles. The lowest BCUT2D eigenvalue weighted by Gasteiger charge is -2.38. The van der Waals surface area contributed by atoms with Gasteiger partial charge in [0.25, 0.3) is 5.91 Å². The first-order valence-corrected chi connectivity index (χ1v) is 7.60. The summed E-state index contributed by atoms with van der Waals surface area (Å²) in [5.74, 6) is 1.13. The number of hydrogen-bond acceptors (Lipinski definition) is 1. The van der Waals surface area contributed by atoms with E-state index < -0.39 is 0 Å². The molecule has 1 aliphatic rings. The molecule has 0 aromatic heterocycles. The molecule has 19 heavy (non-hydrogen) atoms. The van der Waals surface area contributed by atoms with Crippen LogP contribution in [0.1, 0.15) is 43.0 Å². The Morgan fingerprint density at radius 2 is 1.89 bits per heavy atom. The Kier molecular flexibility index (Phi) is 4.75. The van der Waals surface area contributed by atoms with E-state index in [1.165, 1.54) is 0 Å².